The highest BCUT2D eigenvalue weighted by Crippen LogP contribution is 2.33. The van der Waals surface area contributed by atoms with Gasteiger partial charge in [0.25, 0.3) is 11.8 Å². The molecule has 2 aromatic rings. The van der Waals surface area contributed by atoms with Gasteiger partial charge in [0, 0.05) is 5.02 Å². The van der Waals surface area contributed by atoms with Crippen LogP contribution in [0.3, 0.4) is 0 Å². The number of esters is 1. The average molecular weight is 634 g/mol. The Balaban J connectivity index is 1.89. The zero-order valence-corrected chi connectivity index (χ0v) is 21.0. The molecule has 0 saturated carbocycles. The van der Waals surface area contributed by atoms with E-state index in [0.29, 0.717) is 24.4 Å². The van der Waals surface area contributed by atoms with Crippen LogP contribution in [0.15, 0.2) is 46.4 Å². The normalized spacial score (nSPS) is 15.1. The van der Waals surface area contributed by atoms with Crippen molar-refractivity contribution in [2.75, 3.05) is 18.1 Å². The van der Waals surface area contributed by atoms with Gasteiger partial charge in [-0.1, -0.05) is 11.6 Å². The summed E-state index contributed by atoms with van der Waals surface area (Å²) in [6, 6.07) is 8.52. The van der Waals surface area contributed by atoms with Crippen LogP contribution < -0.4 is 15.0 Å². The van der Waals surface area contributed by atoms with E-state index in [-0.39, 0.29) is 24.5 Å². The second-order valence-electron chi connectivity index (χ2n) is 6.34. The van der Waals surface area contributed by atoms with Crippen molar-refractivity contribution >= 4 is 85.7 Å². The molecule has 0 bridgehead atoms. The summed E-state index contributed by atoms with van der Waals surface area (Å²) < 4.78 is 11.5. The van der Waals surface area contributed by atoms with Crippen LogP contribution in [0.1, 0.15) is 12.5 Å². The second kappa shape index (κ2) is 10.5. The summed E-state index contributed by atoms with van der Waals surface area (Å²) in [7, 11) is 0. The highest BCUT2D eigenvalue weighted by Gasteiger charge is 2.36. The van der Waals surface area contributed by atoms with Crippen LogP contribution >= 0.6 is 50.1 Å². The molecule has 0 radical (unpaired) electrons. The van der Waals surface area contributed by atoms with Crippen molar-refractivity contribution in [3.05, 3.63) is 60.6 Å². The molecule has 0 aliphatic carbocycles. The van der Waals surface area contributed by atoms with Crippen molar-refractivity contribution in [1.82, 2.24) is 5.32 Å². The first kappa shape index (κ1) is 24.2. The van der Waals surface area contributed by atoms with Gasteiger partial charge in [-0.2, -0.15) is 0 Å². The lowest BCUT2D eigenvalue weighted by atomic mass is 10.1. The highest BCUT2D eigenvalue weighted by molar-refractivity contribution is 14.1. The smallest absolute Gasteiger partial charge is 0.344 e. The topological polar surface area (TPSA) is 102 Å². The summed E-state index contributed by atoms with van der Waals surface area (Å²) >= 11 is 11.2. The zero-order valence-electron chi connectivity index (χ0n) is 16.5. The fourth-order valence-electron chi connectivity index (χ4n) is 2.78. The van der Waals surface area contributed by atoms with Crippen LogP contribution in [0.2, 0.25) is 5.02 Å². The molecule has 11 heteroatoms. The third-order valence-corrected chi connectivity index (χ3v) is 5.80. The Morgan fingerprint density at radius 3 is 2.53 bits per heavy atom. The van der Waals surface area contributed by atoms with Gasteiger partial charge in [0.05, 0.1) is 20.3 Å². The minimum Gasteiger partial charge on any atom is -0.480 e. The van der Waals surface area contributed by atoms with E-state index >= 15 is 0 Å². The Bertz CT molecular complexity index is 1110. The molecule has 1 heterocycles. The maximum atomic E-state index is 13.0. The summed E-state index contributed by atoms with van der Waals surface area (Å²) in [5, 5.41) is 2.60. The van der Waals surface area contributed by atoms with E-state index in [1.54, 1.807) is 19.1 Å². The predicted octanol–water partition coefficient (Wildman–Crippen LogP) is 4.32. The summed E-state index contributed by atoms with van der Waals surface area (Å²) in [4.78, 5) is 50.0. The largest absolute Gasteiger partial charge is 0.480 e. The highest BCUT2D eigenvalue weighted by atomic mass is 127. The van der Waals surface area contributed by atoms with Crippen molar-refractivity contribution in [1.29, 1.82) is 0 Å². The number of anilines is 1. The zero-order chi connectivity index (χ0) is 23.4. The van der Waals surface area contributed by atoms with Gasteiger partial charge in [0.15, 0.2) is 6.61 Å². The van der Waals surface area contributed by atoms with Gasteiger partial charge in [-0.15, -0.1) is 0 Å². The Labute approximate surface area is 210 Å². The van der Waals surface area contributed by atoms with Gasteiger partial charge in [-0.05, 0) is 93.5 Å². The first-order valence-corrected chi connectivity index (χ1v) is 11.4. The first-order valence-electron chi connectivity index (χ1n) is 9.15. The molecular weight excluding hydrogens is 619 g/mol. The number of urea groups is 1. The first-order chi connectivity index (χ1) is 15.2. The molecule has 3 rings (SSSR count). The van der Waals surface area contributed by atoms with Crippen molar-refractivity contribution in [3.8, 4) is 5.75 Å². The summed E-state index contributed by atoms with van der Waals surface area (Å²) in [6.45, 7) is 1.69. The molecule has 1 fully saturated rings. The molecule has 1 aliphatic heterocycles. The number of carbonyl (C=O) groups excluding carboxylic acids is 4. The van der Waals surface area contributed by atoms with E-state index in [2.05, 4.69) is 21.2 Å². The van der Waals surface area contributed by atoms with Gasteiger partial charge in [-0.3, -0.25) is 14.9 Å². The number of hydrogen-bond donors (Lipinski definition) is 1. The van der Waals surface area contributed by atoms with Gasteiger partial charge in [0.2, 0.25) is 0 Å². The van der Waals surface area contributed by atoms with Crippen LogP contribution in [0.4, 0.5) is 10.5 Å². The fourth-order valence-corrected chi connectivity index (χ4v) is 4.68. The Hall–Kier alpha value is -2.44. The van der Waals surface area contributed by atoms with Gasteiger partial charge in [0.1, 0.15) is 11.3 Å². The summed E-state index contributed by atoms with van der Waals surface area (Å²) in [6.07, 6.45) is 1.37. The lowest BCUT2D eigenvalue weighted by Gasteiger charge is -2.26. The number of carbonyl (C=O) groups is 4. The van der Waals surface area contributed by atoms with Crippen LogP contribution in [-0.4, -0.2) is 37.0 Å². The molecule has 8 nitrogen and oxygen atoms in total. The SMILES string of the molecule is CCOC(=O)COc1c(Br)cc(/C=C2\C(=O)NC(=O)N(c3ccc(Cl)cc3)C2=O)cc1I. The second-order valence-corrected chi connectivity index (χ2v) is 8.79. The monoisotopic (exact) mass is 632 g/mol. The maximum Gasteiger partial charge on any atom is 0.344 e. The van der Waals surface area contributed by atoms with Gasteiger partial charge in [-0.25, -0.2) is 14.5 Å². The number of imide groups is 2. The summed E-state index contributed by atoms with van der Waals surface area (Å²) in [5.41, 5.74) is 0.560. The molecule has 2 aromatic carbocycles. The van der Waals surface area contributed by atoms with E-state index in [9.17, 15) is 19.2 Å². The number of nitrogens with zero attached hydrogens (tertiary/aromatic N) is 1. The number of benzene rings is 2. The minimum absolute atomic E-state index is 0.220. The van der Waals surface area contributed by atoms with E-state index in [0.717, 1.165) is 4.90 Å². The number of rotatable bonds is 6. The van der Waals surface area contributed by atoms with E-state index in [4.69, 9.17) is 21.1 Å². The van der Waals surface area contributed by atoms with Crippen molar-refractivity contribution < 1.29 is 28.7 Å². The Morgan fingerprint density at radius 2 is 1.91 bits per heavy atom. The lowest BCUT2D eigenvalue weighted by molar-refractivity contribution is -0.145. The molecule has 0 spiro atoms. The predicted molar refractivity (Wildman–Crippen MR) is 129 cm³/mol. The van der Waals surface area contributed by atoms with Crippen molar-refractivity contribution in [2.45, 2.75) is 6.92 Å². The van der Waals surface area contributed by atoms with Gasteiger partial charge < -0.3 is 9.47 Å². The van der Waals surface area contributed by atoms with Crippen LogP contribution in [0.25, 0.3) is 6.08 Å². The third kappa shape index (κ3) is 5.48. The third-order valence-electron chi connectivity index (χ3n) is 4.16. The van der Waals surface area contributed by atoms with Crippen molar-refractivity contribution in [3.63, 3.8) is 0 Å². The minimum atomic E-state index is -0.849. The van der Waals surface area contributed by atoms with Crippen LogP contribution in [0, 0.1) is 3.57 Å². The van der Waals surface area contributed by atoms with Crippen LogP contribution in [0.5, 0.6) is 5.75 Å². The molecule has 1 aliphatic rings. The molecule has 0 atom stereocenters. The molecule has 0 aromatic heterocycles. The van der Waals surface area contributed by atoms with Gasteiger partial charge >= 0.3 is 12.0 Å². The molecule has 32 heavy (non-hydrogen) atoms. The number of nitrogens with one attached hydrogen (secondary N) is 1. The number of ether oxygens (including phenoxy) is 2. The summed E-state index contributed by atoms with van der Waals surface area (Å²) in [5.74, 6) is -1.66. The molecular formula is C21H15BrClIN2O6. The number of barbiturate groups is 1. The maximum absolute atomic E-state index is 13.0. The Kier molecular flexibility index (Phi) is 7.91. The van der Waals surface area contributed by atoms with E-state index in [1.165, 1.54) is 30.3 Å². The fraction of sp³-hybridized carbons (Fsp3) is 0.143. The van der Waals surface area contributed by atoms with E-state index in [1.807, 2.05) is 22.6 Å². The molecule has 1 saturated heterocycles. The number of hydrogen-bond acceptors (Lipinski definition) is 6. The molecule has 1 N–H and O–H groups in total. The molecule has 4 amide bonds. The average Bonchev–Trinajstić information content (AvgIpc) is 2.72. The molecule has 0 unspecified atom stereocenters. The van der Waals surface area contributed by atoms with Crippen molar-refractivity contribution in [2.24, 2.45) is 0 Å². The van der Waals surface area contributed by atoms with E-state index < -0.39 is 23.8 Å². The quantitative estimate of drug-likeness (QED) is 0.220. The number of amides is 4. The standard InChI is InChI=1S/C21H15BrClIN2O6/c1-2-31-17(27)10-32-18-15(22)8-11(9-16(18)24)7-14-19(28)25-21(30)26(20(14)29)13-5-3-12(23)4-6-13/h3-9H,2,10H2,1H3,(H,25,28,30)/b14-7+. The van der Waals surface area contributed by atoms with Crippen LogP contribution in [-0.2, 0) is 19.1 Å². The Morgan fingerprint density at radius 1 is 1.22 bits per heavy atom. The number of halogens is 3. The molecule has 166 valence electrons. The lowest BCUT2D eigenvalue weighted by Crippen LogP contribution is -2.54.